The summed E-state index contributed by atoms with van der Waals surface area (Å²) in [4.78, 5) is 14.0. The molecule has 1 aromatic carbocycles. The molecule has 0 aliphatic heterocycles. The topological polar surface area (TPSA) is 85.6 Å². The summed E-state index contributed by atoms with van der Waals surface area (Å²) in [5.41, 5.74) is 1.24. The summed E-state index contributed by atoms with van der Waals surface area (Å²) in [6.07, 6.45) is 2.48. The van der Waals surface area contributed by atoms with Gasteiger partial charge in [-0.1, -0.05) is 67.6 Å². The van der Waals surface area contributed by atoms with E-state index in [1.165, 1.54) is 33.6 Å². The fourth-order valence-corrected chi connectivity index (χ4v) is 5.33. The predicted octanol–water partition coefficient (Wildman–Crippen LogP) is 5.55. The van der Waals surface area contributed by atoms with E-state index in [4.69, 9.17) is 0 Å². The quantitative estimate of drug-likeness (QED) is 0.280. The molecule has 3 aromatic rings. The molecule has 170 valence electrons. The van der Waals surface area contributed by atoms with E-state index in [-0.39, 0.29) is 17.1 Å². The molecule has 2 aromatic heterocycles. The van der Waals surface area contributed by atoms with E-state index < -0.39 is 0 Å². The fourth-order valence-electron chi connectivity index (χ4n) is 2.76. The van der Waals surface area contributed by atoms with Gasteiger partial charge in [0, 0.05) is 17.4 Å². The van der Waals surface area contributed by atoms with Crippen LogP contribution in [0.4, 0.5) is 5.13 Å². The van der Waals surface area contributed by atoms with Crippen molar-refractivity contribution in [3.05, 3.63) is 53.3 Å². The number of carbonyl (C=O) groups is 1. The first-order valence-corrected chi connectivity index (χ1v) is 13.1. The molecule has 0 aliphatic rings. The highest BCUT2D eigenvalue weighted by Crippen LogP contribution is 2.29. The van der Waals surface area contributed by atoms with Gasteiger partial charge in [-0.3, -0.25) is 10.1 Å². The molecule has 10 heteroatoms. The number of nitrogens with zero attached hydrogens (tertiary/aromatic N) is 5. The van der Waals surface area contributed by atoms with Gasteiger partial charge in [-0.05, 0) is 25.5 Å². The maximum Gasteiger partial charge on any atom is 0.239 e. The van der Waals surface area contributed by atoms with Gasteiger partial charge in [-0.25, -0.2) is 0 Å². The van der Waals surface area contributed by atoms with Gasteiger partial charge in [0.25, 0.3) is 0 Å². The smallest absolute Gasteiger partial charge is 0.239 e. The second-order valence-corrected chi connectivity index (χ2v) is 10.7. The molecule has 0 fully saturated rings. The molecule has 0 saturated carbocycles. The van der Waals surface area contributed by atoms with Gasteiger partial charge in [-0.15, -0.1) is 38.7 Å². The van der Waals surface area contributed by atoms with Gasteiger partial charge in [0.05, 0.1) is 11.0 Å². The number of aryl methyl sites for hydroxylation is 1. The largest absolute Gasteiger partial charge is 0.301 e. The summed E-state index contributed by atoms with van der Waals surface area (Å²) in [5, 5.41) is 21.7. The van der Waals surface area contributed by atoms with E-state index in [1.54, 1.807) is 11.8 Å². The van der Waals surface area contributed by atoms with Crippen molar-refractivity contribution in [3.63, 3.8) is 0 Å². The number of hydrogen-bond acceptors (Lipinski definition) is 8. The zero-order chi connectivity index (χ0) is 23.1. The van der Waals surface area contributed by atoms with Crippen molar-refractivity contribution in [2.45, 2.75) is 67.6 Å². The number of amides is 1. The molecule has 2 heterocycles. The monoisotopic (exact) mass is 488 g/mol. The number of anilines is 1. The Morgan fingerprint density at radius 2 is 1.97 bits per heavy atom. The van der Waals surface area contributed by atoms with Crippen molar-refractivity contribution in [2.24, 2.45) is 0 Å². The second kappa shape index (κ2) is 11.6. The lowest BCUT2D eigenvalue weighted by Crippen LogP contribution is -2.25. The molecule has 1 atom stereocenters. The lowest BCUT2D eigenvalue weighted by molar-refractivity contribution is -0.115. The summed E-state index contributed by atoms with van der Waals surface area (Å²) < 4.78 is 2.02. The molecule has 0 bridgehead atoms. The van der Waals surface area contributed by atoms with Crippen LogP contribution >= 0.6 is 34.9 Å². The SMILES string of the molecule is C=CCn1c(CSc2ccc(C)cc2)nnc1SC(CC)C(=O)Nc1nnc(C(C)C)s1. The maximum absolute atomic E-state index is 12.9. The molecule has 1 N–H and O–H groups in total. The van der Waals surface area contributed by atoms with Crippen LogP contribution < -0.4 is 5.32 Å². The molecule has 1 amide bonds. The van der Waals surface area contributed by atoms with E-state index in [0.29, 0.717) is 29.0 Å². The summed E-state index contributed by atoms with van der Waals surface area (Å²) in [7, 11) is 0. The van der Waals surface area contributed by atoms with Crippen LogP contribution in [0.5, 0.6) is 0 Å². The molecule has 0 aliphatic carbocycles. The number of allylic oxidation sites excluding steroid dienone is 1. The third-order valence-electron chi connectivity index (χ3n) is 4.57. The maximum atomic E-state index is 12.9. The number of rotatable bonds is 11. The highest BCUT2D eigenvalue weighted by molar-refractivity contribution is 8.00. The minimum absolute atomic E-state index is 0.104. The number of carbonyl (C=O) groups excluding carboxylic acids is 1. The number of nitrogens with one attached hydrogen (secondary N) is 1. The van der Waals surface area contributed by atoms with Crippen LogP contribution in [0, 0.1) is 6.92 Å². The van der Waals surface area contributed by atoms with Crippen molar-refractivity contribution in [2.75, 3.05) is 5.32 Å². The van der Waals surface area contributed by atoms with Gasteiger partial charge >= 0.3 is 0 Å². The molecule has 0 radical (unpaired) electrons. The van der Waals surface area contributed by atoms with Gasteiger partial charge in [0.2, 0.25) is 11.0 Å². The minimum Gasteiger partial charge on any atom is -0.301 e. The lowest BCUT2D eigenvalue weighted by Gasteiger charge is -2.14. The Bertz CT molecular complexity index is 1040. The molecule has 1 unspecified atom stereocenters. The molecular formula is C22H28N6OS3. The van der Waals surface area contributed by atoms with Crippen LogP contribution in [0.25, 0.3) is 0 Å². The highest BCUT2D eigenvalue weighted by Gasteiger charge is 2.23. The highest BCUT2D eigenvalue weighted by atomic mass is 32.2. The van der Waals surface area contributed by atoms with Crippen molar-refractivity contribution in [1.29, 1.82) is 0 Å². The Kier molecular flexibility index (Phi) is 8.89. The number of aromatic nitrogens is 5. The van der Waals surface area contributed by atoms with E-state index in [0.717, 1.165) is 10.8 Å². The average Bonchev–Trinajstić information content (AvgIpc) is 3.39. The Labute approximate surface area is 201 Å². The van der Waals surface area contributed by atoms with Gasteiger partial charge in [0.15, 0.2) is 5.16 Å². The summed E-state index contributed by atoms with van der Waals surface area (Å²) in [5.74, 6) is 1.73. The molecule has 0 saturated heterocycles. The van der Waals surface area contributed by atoms with E-state index in [1.807, 2.05) is 17.6 Å². The second-order valence-electron chi connectivity index (χ2n) is 7.50. The molecule has 7 nitrogen and oxygen atoms in total. The van der Waals surface area contributed by atoms with Gasteiger partial charge in [0.1, 0.15) is 10.8 Å². The minimum atomic E-state index is -0.313. The van der Waals surface area contributed by atoms with Crippen LogP contribution in [0.1, 0.15) is 49.5 Å². The summed E-state index contributed by atoms with van der Waals surface area (Å²) in [6, 6.07) is 8.42. The van der Waals surface area contributed by atoms with Crippen LogP contribution in [-0.2, 0) is 17.1 Å². The molecule has 32 heavy (non-hydrogen) atoms. The normalized spacial score (nSPS) is 12.2. The van der Waals surface area contributed by atoms with Crippen LogP contribution in [0.15, 0.2) is 47.0 Å². The first-order chi connectivity index (χ1) is 15.4. The van der Waals surface area contributed by atoms with Gasteiger partial charge in [-0.2, -0.15) is 0 Å². The third kappa shape index (κ3) is 6.43. The van der Waals surface area contributed by atoms with Crippen LogP contribution in [-0.4, -0.2) is 36.1 Å². The number of benzene rings is 1. The van der Waals surface area contributed by atoms with E-state index >= 15 is 0 Å². The average molecular weight is 489 g/mol. The Balaban J connectivity index is 1.68. The van der Waals surface area contributed by atoms with Crippen molar-refractivity contribution < 1.29 is 4.79 Å². The zero-order valence-corrected chi connectivity index (χ0v) is 21.2. The van der Waals surface area contributed by atoms with Crippen LogP contribution in [0.2, 0.25) is 0 Å². The first kappa shape index (κ1) is 24.5. The Morgan fingerprint density at radius 1 is 1.22 bits per heavy atom. The molecular weight excluding hydrogens is 460 g/mol. The fraction of sp³-hybridized carbons (Fsp3) is 0.409. The van der Waals surface area contributed by atoms with Crippen molar-refractivity contribution in [3.8, 4) is 0 Å². The van der Waals surface area contributed by atoms with Gasteiger partial charge < -0.3 is 4.57 Å². The lowest BCUT2D eigenvalue weighted by atomic mass is 10.2. The standard InChI is InChI=1S/C22H28N6OS3/c1-6-12-28-18(13-30-16-10-8-15(5)9-11-16)24-27-22(28)31-17(7-2)19(29)23-21-26-25-20(32-21)14(3)4/h6,8-11,14,17H,1,7,12-13H2,2-5H3,(H,23,26,29). The van der Waals surface area contributed by atoms with Crippen LogP contribution in [0.3, 0.4) is 0 Å². The van der Waals surface area contributed by atoms with E-state index in [2.05, 4.69) is 77.3 Å². The summed E-state index contributed by atoms with van der Waals surface area (Å²) in [6.45, 7) is 12.6. The first-order valence-electron chi connectivity index (χ1n) is 10.4. The summed E-state index contributed by atoms with van der Waals surface area (Å²) >= 11 is 4.54. The van der Waals surface area contributed by atoms with E-state index in [9.17, 15) is 4.79 Å². The Hall–Kier alpha value is -2.17. The molecule has 3 rings (SSSR count). The predicted molar refractivity (Wildman–Crippen MR) is 134 cm³/mol. The Morgan fingerprint density at radius 3 is 2.59 bits per heavy atom. The number of thioether (sulfide) groups is 2. The zero-order valence-electron chi connectivity index (χ0n) is 18.7. The van der Waals surface area contributed by atoms with Crippen molar-refractivity contribution >= 4 is 45.9 Å². The van der Waals surface area contributed by atoms with Crippen molar-refractivity contribution in [1.82, 2.24) is 25.0 Å². The number of hydrogen-bond donors (Lipinski definition) is 1. The molecule has 0 spiro atoms. The third-order valence-corrected chi connectivity index (χ3v) is 8.06.